The molecule has 0 aliphatic rings. The lowest BCUT2D eigenvalue weighted by Crippen LogP contribution is -1.99. The van der Waals surface area contributed by atoms with Crippen LogP contribution in [0, 0.1) is 12.8 Å². The van der Waals surface area contributed by atoms with Crippen LogP contribution in [0.1, 0.15) is 77.6 Å². The van der Waals surface area contributed by atoms with Crippen LogP contribution in [0.25, 0.3) is 0 Å². The molecule has 1 unspecified atom stereocenters. The molecule has 0 fully saturated rings. The van der Waals surface area contributed by atoms with E-state index in [1.54, 1.807) is 0 Å². The van der Waals surface area contributed by atoms with Gasteiger partial charge < -0.3 is 4.79 Å². The molecule has 1 radical (unpaired) electrons. The first-order chi connectivity index (χ1) is 7.85. The Hall–Kier alpha value is -0.330. The van der Waals surface area contributed by atoms with Crippen molar-refractivity contribution in [3.8, 4) is 0 Å². The van der Waals surface area contributed by atoms with Gasteiger partial charge in [-0.25, -0.2) is 0 Å². The van der Waals surface area contributed by atoms with Gasteiger partial charge in [0.05, 0.1) is 0 Å². The number of hydrogen-bond donors (Lipinski definition) is 0. The van der Waals surface area contributed by atoms with Gasteiger partial charge in [0.1, 0.15) is 6.29 Å². The van der Waals surface area contributed by atoms with E-state index in [9.17, 15) is 4.79 Å². The second-order valence-corrected chi connectivity index (χ2v) is 4.80. The number of carbonyl (C=O) groups excluding carboxylic acids is 1. The number of hydrogen-bond acceptors (Lipinski definition) is 1. The van der Waals surface area contributed by atoms with Crippen LogP contribution in [-0.2, 0) is 4.79 Å². The highest BCUT2D eigenvalue weighted by Gasteiger charge is 2.02. The van der Waals surface area contributed by atoms with Crippen molar-refractivity contribution >= 4 is 6.29 Å². The highest BCUT2D eigenvalue weighted by Crippen LogP contribution is 2.14. The maximum absolute atomic E-state index is 10.6. The molecule has 1 heteroatoms. The lowest BCUT2D eigenvalue weighted by molar-refractivity contribution is -0.111. The predicted molar refractivity (Wildman–Crippen MR) is 71.4 cm³/mol. The molecule has 0 aromatic carbocycles. The van der Waals surface area contributed by atoms with E-state index < -0.39 is 0 Å². The van der Waals surface area contributed by atoms with Crippen molar-refractivity contribution in [3.05, 3.63) is 6.92 Å². The zero-order chi connectivity index (χ0) is 12.1. The Labute approximate surface area is 102 Å². The summed E-state index contributed by atoms with van der Waals surface area (Å²) >= 11 is 0. The van der Waals surface area contributed by atoms with Gasteiger partial charge in [-0.05, 0) is 12.8 Å². The highest BCUT2D eigenvalue weighted by atomic mass is 16.1. The van der Waals surface area contributed by atoms with Gasteiger partial charge in [0.2, 0.25) is 0 Å². The standard InChI is InChI=1S/C15H29O/c1-3-5-6-7-8-9-10-11-12-13-15(4-2)14-16/h14-15H,2-13H2,1H3. The predicted octanol–water partition coefficient (Wildman–Crippen LogP) is 4.95. The molecule has 0 aromatic heterocycles. The highest BCUT2D eigenvalue weighted by molar-refractivity contribution is 5.53. The molecule has 0 amide bonds. The minimum absolute atomic E-state index is 0.213. The zero-order valence-electron chi connectivity index (χ0n) is 11.0. The molecule has 0 bridgehead atoms. The van der Waals surface area contributed by atoms with E-state index in [0.29, 0.717) is 0 Å². The van der Waals surface area contributed by atoms with Gasteiger partial charge in [0.15, 0.2) is 0 Å². The van der Waals surface area contributed by atoms with Crippen LogP contribution in [0.15, 0.2) is 0 Å². The molecule has 0 rings (SSSR count). The summed E-state index contributed by atoms with van der Waals surface area (Å²) in [6.45, 7) is 6.04. The molecule has 0 heterocycles. The fourth-order valence-corrected chi connectivity index (χ4v) is 2.00. The van der Waals surface area contributed by atoms with E-state index in [0.717, 1.165) is 19.1 Å². The number of rotatable bonds is 12. The molecular weight excluding hydrogens is 196 g/mol. The monoisotopic (exact) mass is 225 g/mol. The molecule has 0 spiro atoms. The summed E-state index contributed by atoms with van der Waals surface area (Å²) in [6, 6.07) is 0. The Bertz CT molecular complexity index is 142. The minimum atomic E-state index is 0.213. The van der Waals surface area contributed by atoms with Crippen molar-refractivity contribution in [2.75, 3.05) is 0 Å². The summed E-state index contributed by atoms with van der Waals surface area (Å²) in [6.07, 6.45) is 15.0. The zero-order valence-corrected chi connectivity index (χ0v) is 11.0. The summed E-state index contributed by atoms with van der Waals surface area (Å²) < 4.78 is 0. The SMILES string of the molecule is [CH2]CC(C=O)CCCCCCCCCCC. The Kier molecular flexibility index (Phi) is 12.5. The fraction of sp³-hybridized carbons (Fsp3) is 0.867. The first kappa shape index (κ1) is 15.7. The van der Waals surface area contributed by atoms with Crippen molar-refractivity contribution in [3.63, 3.8) is 0 Å². The van der Waals surface area contributed by atoms with Gasteiger partial charge in [-0.15, -0.1) is 0 Å². The molecule has 0 saturated carbocycles. The molecule has 1 atom stereocenters. The summed E-state index contributed by atoms with van der Waals surface area (Å²) in [4.78, 5) is 10.6. The number of unbranched alkanes of at least 4 members (excludes halogenated alkanes) is 8. The normalized spacial score (nSPS) is 12.6. The van der Waals surface area contributed by atoms with Crippen molar-refractivity contribution < 1.29 is 4.79 Å². The molecule has 0 N–H and O–H groups in total. The maximum Gasteiger partial charge on any atom is 0.123 e. The van der Waals surface area contributed by atoms with Crippen molar-refractivity contribution in [1.82, 2.24) is 0 Å². The number of aldehydes is 1. The summed E-state index contributed by atoms with van der Waals surface area (Å²) in [5.74, 6) is 0.213. The Morgan fingerprint density at radius 1 is 0.938 bits per heavy atom. The second-order valence-electron chi connectivity index (χ2n) is 4.80. The molecule has 0 aliphatic heterocycles. The van der Waals surface area contributed by atoms with Crippen LogP contribution < -0.4 is 0 Å². The number of carbonyl (C=O) groups is 1. The van der Waals surface area contributed by atoms with E-state index in [-0.39, 0.29) is 5.92 Å². The third-order valence-corrected chi connectivity index (χ3v) is 3.24. The second kappa shape index (κ2) is 12.7. The van der Waals surface area contributed by atoms with Gasteiger partial charge >= 0.3 is 0 Å². The van der Waals surface area contributed by atoms with E-state index in [1.807, 2.05) is 0 Å². The minimum Gasteiger partial charge on any atom is -0.303 e. The Morgan fingerprint density at radius 2 is 1.44 bits per heavy atom. The van der Waals surface area contributed by atoms with Crippen LogP contribution in [0.4, 0.5) is 0 Å². The lowest BCUT2D eigenvalue weighted by atomic mass is 9.99. The Morgan fingerprint density at radius 3 is 1.88 bits per heavy atom. The van der Waals surface area contributed by atoms with Crippen LogP contribution in [0.5, 0.6) is 0 Å². The van der Waals surface area contributed by atoms with Crippen LogP contribution in [0.2, 0.25) is 0 Å². The molecule has 16 heavy (non-hydrogen) atoms. The summed E-state index contributed by atoms with van der Waals surface area (Å²) in [5, 5.41) is 0. The average Bonchev–Trinajstić information content (AvgIpc) is 2.32. The Balaban J connectivity index is 3.06. The first-order valence-electron chi connectivity index (χ1n) is 7.09. The van der Waals surface area contributed by atoms with E-state index in [2.05, 4.69) is 13.8 Å². The molecule has 0 aromatic rings. The molecule has 0 saturated heterocycles. The molecule has 95 valence electrons. The van der Waals surface area contributed by atoms with Gasteiger partial charge in [-0.1, -0.05) is 71.6 Å². The average molecular weight is 225 g/mol. The van der Waals surface area contributed by atoms with Crippen LogP contribution in [0.3, 0.4) is 0 Å². The quantitative estimate of drug-likeness (QED) is 0.339. The topological polar surface area (TPSA) is 17.1 Å². The smallest absolute Gasteiger partial charge is 0.123 e. The molecular formula is C15H29O. The summed E-state index contributed by atoms with van der Waals surface area (Å²) in [5.41, 5.74) is 0. The third kappa shape index (κ3) is 10.2. The van der Waals surface area contributed by atoms with Crippen molar-refractivity contribution in [2.24, 2.45) is 5.92 Å². The van der Waals surface area contributed by atoms with Crippen LogP contribution in [-0.4, -0.2) is 6.29 Å². The van der Waals surface area contributed by atoms with Crippen molar-refractivity contribution in [2.45, 2.75) is 77.6 Å². The van der Waals surface area contributed by atoms with Gasteiger partial charge in [0.25, 0.3) is 0 Å². The third-order valence-electron chi connectivity index (χ3n) is 3.24. The van der Waals surface area contributed by atoms with E-state index >= 15 is 0 Å². The van der Waals surface area contributed by atoms with Gasteiger partial charge in [-0.3, -0.25) is 0 Å². The van der Waals surface area contributed by atoms with E-state index in [1.165, 1.54) is 57.8 Å². The van der Waals surface area contributed by atoms with Crippen molar-refractivity contribution in [1.29, 1.82) is 0 Å². The molecule has 0 aliphatic carbocycles. The maximum atomic E-state index is 10.6. The first-order valence-corrected chi connectivity index (χ1v) is 7.09. The van der Waals surface area contributed by atoms with Gasteiger partial charge in [-0.2, -0.15) is 0 Å². The van der Waals surface area contributed by atoms with Crippen LogP contribution >= 0.6 is 0 Å². The fourth-order valence-electron chi connectivity index (χ4n) is 2.00. The van der Waals surface area contributed by atoms with Gasteiger partial charge in [0, 0.05) is 5.92 Å². The largest absolute Gasteiger partial charge is 0.303 e. The summed E-state index contributed by atoms with van der Waals surface area (Å²) in [7, 11) is 0. The van der Waals surface area contributed by atoms with E-state index in [4.69, 9.17) is 0 Å². The lowest BCUT2D eigenvalue weighted by Gasteiger charge is -2.06. The molecule has 1 nitrogen and oxygen atoms in total.